The molecule has 1 unspecified atom stereocenters. The van der Waals surface area contributed by atoms with E-state index >= 15 is 0 Å². The summed E-state index contributed by atoms with van der Waals surface area (Å²) in [4.78, 5) is 0.608. The van der Waals surface area contributed by atoms with Crippen molar-refractivity contribution in [3.8, 4) is 0 Å². The molecule has 1 rings (SSSR count). The summed E-state index contributed by atoms with van der Waals surface area (Å²) >= 11 is 1.39. The quantitative estimate of drug-likeness (QED) is 0.429. The Morgan fingerprint density at radius 1 is 1.15 bits per heavy atom. The number of rotatable bonds is 8. The molecule has 0 aromatic heterocycles. The van der Waals surface area contributed by atoms with Gasteiger partial charge in [-0.1, -0.05) is 6.07 Å². The Hall–Kier alpha value is -0.750. The second kappa shape index (κ2) is 8.52. The van der Waals surface area contributed by atoms with Crippen LogP contribution >= 0.6 is 11.8 Å². The highest BCUT2D eigenvalue weighted by Gasteiger charge is 2.30. The van der Waals surface area contributed by atoms with Crippen LogP contribution in [0.5, 0.6) is 0 Å². The lowest BCUT2D eigenvalue weighted by molar-refractivity contribution is -0.137. The third-order valence-electron chi connectivity index (χ3n) is 2.86. The topological polar surface area (TPSA) is 26.0 Å². The highest BCUT2D eigenvalue weighted by atomic mass is 32.2. The predicted molar refractivity (Wildman–Crippen MR) is 74.6 cm³/mol. The molecule has 0 aliphatic carbocycles. The second-order valence-electron chi connectivity index (χ2n) is 4.61. The summed E-state index contributed by atoms with van der Waals surface area (Å²) in [6.45, 7) is -0.354. The number of halogens is 4. The molecule has 1 nitrogen and oxygen atoms in total. The third-order valence-corrected chi connectivity index (χ3v) is 3.94. The van der Waals surface area contributed by atoms with Crippen molar-refractivity contribution in [1.29, 1.82) is 0 Å². The van der Waals surface area contributed by atoms with Crippen LogP contribution in [0.25, 0.3) is 0 Å². The molecule has 0 radical (unpaired) electrons. The Kier molecular flexibility index (Phi) is 7.37. The SMILES string of the molecule is NC(CCCF)CCCSc1cccc(C(F)(F)F)c1. The van der Waals surface area contributed by atoms with Crippen LogP contribution in [-0.2, 0) is 6.18 Å². The molecule has 0 heterocycles. The lowest BCUT2D eigenvalue weighted by Crippen LogP contribution is -2.19. The molecule has 0 fully saturated rings. The molecule has 114 valence electrons. The van der Waals surface area contributed by atoms with Gasteiger partial charge in [0.15, 0.2) is 0 Å². The Morgan fingerprint density at radius 2 is 1.85 bits per heavy atom. The van der Waals surface area contributed by atoms with E-state index in [-0.39, 0.29) is 12.7 Å². The average molecular weight is 309 g/mol. The molecular formula is C14H19F4NS. The van der Waals surface area contributed by atoms with Gasteiger partial charge in [0.25, 0.3) is 0 Å². The van der Waals surface area contributed by atoms with E-state index < -0.39 is 11.7 Å². The summed E-state index contributed by atoms with van der Waals surface area (Å²) < 4.78 is 49.5. The number of nitrogens with two attached hydrogens (primary N) is 1. The number of hydrogen-bond donors (Lipinski definition) is 1. The van der Waals surface area contributed by atoms with Gasteiger partial charge >= 0.3 is 6.18 Å². The highest BCUT2D eigenvalue weighted by molar-refractivity contribution is 7.99. The van der Waals surface area contributed by atoms with Crippen LogP contribution < -0.4 is 5.73 Å². The average Bonchev–Trinajstić information content (AvgIpc) is 2.41. The monoisotopic (exact) mass is 309 g/mol. The van der Waals surface area contributed by atoms with Crippen molar-refractivity contribution in [1.82, 2.24) is 0 Å². The molecule has 1 aromatic carbocycles. The molecule has 0 bridgehead atoms. The molecule has 2 N–H and O–H groups in total. The normalized spacial score (nSPS) is 13.4. The van der Waals surface area contributed by atoms with Crippen molar-refractivity contribution in [2.75, 3.05) is 12.4 Å². The molecule has 20 heavy (non-hydrogen) atoms. The minimum atomic E-state index is -4.30. The van der Waals surface area contributed by atoms with Crippen LogP contribution in [0.4, 0.5) is 17.6 Å². The molecule has 0 aliphatic rings. The van der Waals surface area contributed by atoms with Crippen LogP contribution in [0.15, 0.2) is 29.2 Å². The lowest BCUT2D eigenvalue weighted by Gasteiger charge is -2.11. The Balaban J connectivity index is 2.32. The Labute approximate surface area is 120 Å². The standard InChI is InChI=1S/C14H19F4NS/c15-8-2-5-12(19)6-3-9-20-13-7-1-4-11(10-13)14(16,17)18/h1,4,7,10,12H,2-3,5-6,8-9,19H2. The van der Waals surface area contributed by atoms with Crippen LogP contribution in [0.2, 0.25) is 0 Å². The van der Waals surface area contributed by atoms with Gasteiger partial charge in [0.2, 0.25) is 0 Å². The van der Waals surface area contributed by atoms with E-state index in [1.165, 1.54) is 17.8 Å². The summed E-state index contributed by atoms with van der Waals surface area (Å²) in [7, 11) is 0. The minimum Gasteiger partial charge on any atom is -0.328 e. The zero-order chi connectivity index (χ0) is 15.0. The summed E-state index contributed by atoms with van der Waals surface area (Å²) in [6.07, 6.45) is -1.59. The molecule has 0 amide bonds. The lowest BCUT2D eigenvalue weighted by atomic mass is 10.1. The molecule has 1 aromatic rings. The first-order valence-corrected chi connectivity index (χ1v) is 7.53. The van der Waals surface area contributed by atoms with Gasteiger partial charge < -0.3 is 5.73 Å². The molecule has 6 heteroatoms. The highest BCUT2D eigenvalue weighted by Crippen LogP contribution is 2.32. The number of alkyl halides is 4. The van der Waals surface area contributed by atoms with E-state index in [2.05, 4.69) is 0 Å². The predicted octanol–water partition coefficient (Wildman–Crippen LogP) is 4.65. The van der Waals surface area contributed by atoms with Crippen molar-refractivity contribution >= 4 is 11.8 Å². The van der Waals surface area contributed by atoms with E-state index in [0.29, 0.717) is 23.5 Å². The summed E-state index contributed by atoms with van der Waals surface area (Å²) in [5, 5.41) is 0. The van der Waals surface area contributed by atoms with E-state index in [1.807, 2.05) is 0 Å². The molecule has 0 saturated carbocycles. The van der Waals surface area contributed by atoms with E-state index in [1.54, 1.807) is 6.07 Å². The Morgan fingerprint density at radius 3 is 2.50 bits per heavy atom. The fraction of sp³-hybridized carbons (Fsp3) is 0.571. The summed E-state index contributed by atoms with van der Waals surface area (Å²) in [6, 6.07) is 5.29. The smallest absolute Gasteiger partial charge is 0.328 e. The van der Waals surface area contributed by atoms with Gasteiger partial charge in [-0.15, -0.1) is 11.8 Å². The fourth-order valence-electron chi connectivity index (χ4n) is 1.78. The maximum atomic E-state index is 12.5. The van der Waals surface area contributed by atoms with E-state index in [9.17, 15) is 17.6 Å². The third kappa shape index (κ3) is 6.61. The van der Waals surface area contributed by atoms with Gasteiger partial charge in [-0.05, 0) is 49.6 Å². The first-order valence-electron chi connectivity index (χ1n) is 6.55. The van der Waals surface area contributed by atoms with Crippen LogP contribution in [0.3, 0.4) is 0 Å². The maximum Gasteiger partial charge on any atom is 0.416 e. The molecule has 0 spiro atoms. The van der Waals surface area contributed by atoms with Crippen LogP contribution in [0, 0.1) is 0 Å². The second-order valence-corrected chi connectivity index (χ2v) is 5.78. The van der Waals surface area contributed by atoms with Gasteiger partial charge in [-0.25, -0.2) is 0 Å². The van der Waals surface area contributed by atoms with Crippen molar-refractivity contribution in [2.45, 2.75) is 42.8 Å². The molecular weight excluding hydrogens is 290 g/mol. The zero-order valence-corrected chi connectivity index (χ0v) is 11.9. The van der Waals surface area contributed by atoms with Gasteiger partial charge in [-0.2, -0.15) is 13.2 Å². The maximum absolute atomic E-state index is 12.5. The number of thioether (sulfide) groups is 1. The van der Waals surface area contributed by atoms with Crippen LogP contribution in [-0.4, -0.2) is 18.5 Å². The van der Waals surface area contributed by atoms with Crippen molar-refractivity contribution < 1.29 is 17.6 Å². The molecule has 1 atom stereocenters. The largest absolute Gasteiger partial charge is 0.416 e. The van der Waals surface area contributed by atoms with E-state index in [0.717, 1.165) is 25.0 Å². The fourth-order valence-corrected chi connectivity index (χ4v) is 2.71. The molecule has 0 aliphatic heterocycles. The van der Waals surface area contributed by atoms with Gasteiger partial charge in [-0.3, -0.25) is 4.39 Å². The van der Waals surface area contributed by atoms with Crippen molar-refractivity contribution in [3.63, 3.8) is 0 Å². The van der Waals surface area contributed by atoms with Gasteiger partial charge in [0, 0.05) is 10.9 Å². The Bertz CT molecular complexity index is 395. The zero-order valence-electron chi connectivity index (χ0n) is 11.1. The first kappa shape index (κ1) is 17.3. The van der Waals surface area contributed by atoms with Gasteiger partial charge in [0.1, 0.15) is 0 Å². The van der Waals surface area contributed by atoms with Gasteiger partial charge in [0.05, 0.1) is 12.2 Å². The number of benzene rings is 1. The number of hydrogen-bond acceptors (Lipinski definition) is 2. The first-order chi connectivity index (χ1) is 9.43. The summed E-state index contributed by atoms with van der Waals surface area (Å²) in [5.74, 6) is 0.713. The van der Waals surface area contributed by atoms with Crippen molar-refractivity contribution in [3.05, 3.63) is 29.8 Å². The van der Waals surface area contributed by atoms with Crippen molar-refractivity contribution in [2.24, 2.45) is 5.73 Å². The molecule has 0 saturated heterocycles. The van der Waals surface area contributed by atoms with E-state index in [4.69, 9.17) is 5.73 Å². The summed E-state index contributed by atoms with van der Waals surface area (Å²) in [5.41, 5.74) is 5.17. The minimum absolute atomic E-state index is 0.0205. The van der Waals surface area contributed by atoms with Crippen LogP contribution in [0.1, 0.15) is 31.2 Å².